The molecule has 106 valence electrons. The molecule has 0 fully saturated rings. The number of hydrogen-bond acceptors (Lipinski definition) is 3. The molecule has 0 aliphatic carbocycles. The first-order valence-electron chi connectivity index (χ1n) is 6.65. The maximum absolute atomic E-state index is 13.6. The predicted molar refractivity (Wildman–Crippen MR) is 84.1 cm³/mol. The lowest BCUT2D eigenvalue weighted by molar-refractivity contribution is 0.628. The molecule has 3 aromatic rings. The number of aromatic nitrogens is 2. The van der Waals surface area contributed by atoms with Gasteiger partial charge in [0.05, 0.1) is 0 Å². The van der Waals surface area contributed by atoms with E-state index in [0.717, 1.165) is 23.1 Å². The largest absolute Gasteiger partial charge is 0.368 e. The third kappa shape index (κ3) is 2.67. The van der Waals surface area contributed by atoms with Gasteiger partial charge in [0.1, 0.15) is 11.5 Å². The Bertz CT molecular complexity index is 784. The second kappa shape index (κ2) is 5.66. The molecule has 0 bridgehead atoms. The molecule has 3 nitrogen and oxygen atoms in total. The van der Waals surface area contributed by atoms with Crippen LogP contribution in [0, 0.1) is 5.82 Å². The first kappa shape index (κ1) is 13.8. The second-order valence-corrected chi connectivity index (χ2v) is 5.07. The Labute approximate surface area is 126 Å². The van der Waals surface area contributed by atoms with Gasteiger partial charge in [-0.25, -0.2) is 4.39 Å². The van der Waals surface area contributed by atoms with Crippen LogP contribution < -0.4 is 5.32 Å². The number of halogens is 2. The number of nitrogens with zero attached hydrogens (tertiary/aromatic N) is 2. The Morgan fingerprint density at radius 2 is 1.86 bits per heavy atom. The van der Waals surface area contributed by atoms with Crippen LogP contribution in [0.4, 0.5) is 10.2 Å². The molecule has 1 aromatic heterocycles. The van der Waals surface area contributed by atoms with E-state index in [1.807, 2.05) is 31.2 Å². The van der Waals surface area contributed by atoms with Crippen LogP contribution in [0.3, 0.4) is 0 Å². The van der Waals surface area contributed by atoms with Crippen LogP contribution in [-0.4, -0.2) is 16.7 Å². The molecule has 0 saturated heterocycles. The molecule has 5 heteroatoms. The maximum Gasteiger partial charge on any atom is 0.156 e. The highest BCUT2D eigenvalue weighted by Crippen LogP contribution is 2.31. The van der Waals surface area contributed by atoms with Gasteiger partial charge in [-0.05, 0) is 25.1 Å². The maximum atomic E-state index is 13.6. The summed E-state index contributed by atoms with van der Waals surface area (Å²) in [7, 11) is 0. The van der Waals surface area contributed by atoms with E-state index in [1.165, 1.54) is 12.1 Å². The minimum absolute atomic E-state index is 0.339. The average molecular weight is 302 g/mol. The molecule has 0 saturated carbocycles. The predicted octanol–water partition coefficient (Wildman–Crippen LogP) is 4.52. The molecule has 0 aliphatic rings. The fourth-order valence-corrected chi connectivity index (χ4v) is 2.53. The van der Waals surface area contributed by atoms with Crippen molar-refractivity contribution in [1.29, 1.82) is 0 Å². The van der Waals surface area contributed by atoms with Gasteiger partial charge in [0.25, 0.3) is 0 Å². The molecular formula is C16H13ClFN3. The quantitative estimate of drug-likeness (QED) is 0.773. The van der Waals surface area contributed by atoms with Gasteiger partial charge in [0.15, 0.2) is 5.82 Å². The van der Waals surface area contributed by atoms with Gasteiger partial charge in [-0.2, -0.15) is 0 Å². The van der Waals surface area contributed by atoms with E-state index in [0.29, 0.717) is 16.3 Å². The Balaban J connectivity index is 2.26. The minimum Gasteiger partial charge on any atom is -0.368 e. The summed E-state index contributed by atoms with van der Waals surface area (Å²) >= 11 is 5.93. The Kier molecular flexibility index (Phi) is 3.71. The molecule has 0 aliphatic heterocycles. The number of anilines is 1. The summed E-state index contributed by atoms with van der Waals surface area (Å²) in [5.74, 6) is 0.332. The first-order chi connectivity index (χ1) is 10.2. The molecule has 0 unspecified atom stereocenters. The monoisotopic (exact) mass is 301 g/mol. The first-order valence-corrected chi connectivity index (χ1v) is 7.02. The van der Waals surface area contributed by atoms with Crippen molar-refractivity contribution in [3.05, 3.63) is 53.3 Å². The fraction of sp³-hybridized carbons (Fsp3) is 0.125. The van der Waals surface area contributed by atoms with Gasteiger partial charge >= 0.3 is 0 Å². The van der Waals surface area contributed by atoms with Crippen molar-refractivity contribution < 1.29 is 4.39 Å². The third-order valence-corrected chi connectivity index (χ3v) is 3.39. The smallest absolute Gasteiger partial charge is 0.156 e. The van der Waals surface area contributed by atoms with Crippen molar-refractivity contribution in [2.24, 2.45) is 0 Å². The van der Waals surface area contributed by atoms with Crippen molar-refractivity contribution in [1.82, 2.24) is 10.2 Å². The van der Waals surface area contributed by atoms with E-state index in [-0.39, 0.29) is 5.82 Å². The lowest BCUT2D eigenvalue weighted by Gasteiger charge is -2.10. The Morgan fingerprint density at radius 3 is 2.57 bits per heavy atom. The fourth-order valence-electron chi connectivity index (χ4n) is 2.31. The number of nitrogens with one attached hydrogen (secondary N) is 1. The van der Waals surface area contributed by atoms with Gasteiger partial charge in [0.2, 0.25) is 0 Å². The zero-order valence-corrected chi connectivity index (χ0v) is 12.2. The van der Waals surface area contributed by atoms with Crippen LogP contribution in [0.25, 0.3) is 22.0 Å². The highest BCUT2D eigenvalue weighted by atomic mass is 35.5. The standard InChI is InChI=1S/C16H13ClFN3/c1-2-19-16-14-6-4-3-5-13(14)15(20-21-16)10-7-11(17)9-12(18)8-10/h3-9H,2H2,1H3,(H,19,21). The van der Waals surface area contributed by atoms with E-state index in [1.54, 1.807) is 6.07 Å². The zero-order valence-electron chi connectivity index (χ0n) is 11.4. The van der Waals surface area contributed by atoms with Gasteiger partial charge in [-0.15, -0.1) is 10.2 Å². The molecule has 0 atom stereocenters. The SMILES string of the molecule is CCNc1nnc(-c2cc(F)cc(Cl)c2)c2ccccc12. The normalized spacial score (nSPS) is 10.8. The Hall–Kier alpha value is -2.20. The van der Waals surface area contributed by atoms with Crippen molar-refractivity contribution in [2.75, 3.05) is 11.9 Å². The van der Waals surface area contributed by atoms with E-state index >= 15 is 0 Å². The Morgan fingerprint density at radius 1 is 1.10 bits per heavy atom. The number of hydrogen-bond donors (Lipinski definition) is 1. The molecular weight excluding hydrogens is 289 g/mol. The topological polar surface area (TPSA) is 37.8 Å². The van der Waals surface area contributed by atoms with Crippen molar-refractivity contribution in [3.8, 4) is 11.3 Å². The summed E-state index contributed by atoms with van der Waals surface area (Å²) in [5, 5.41) is 13.8. The summed E-state index contributed by atoms with van der Waals surface area (Å²) in [6, 6.07) is 12.1. The molecule has 0 spiro atoms. The van der Waals surface area contributed by atoms with Crippen LogP contribution in [-0.2, 0) is 0 Å². The molecule has 1 N–H and O–H groups in total. The average Bonchev–Trinajstić information content (AvgIpc) is 2.47. The molecule has 0 amide bonds. The zero-order chi connectivity index (χ0) is 14.8. The van der Waals surface area contributed by atoms with E-state index in [2.05, 4.69) is 15.5 Å². The van der Waals surface area contributed by atoms with Gasteiger partial charge in [0, 0.05) is 27.9 Å². The lowest BCUT2D eigenvalue weighted by atomic mass is 10.0. The van der Waals surface area contributed by atoms with Crippen molar-refractivity contribution in [3.63, 3.8) is 0 Å². The second-order valence-electron chi connectivity index (χ2n) is 4.63. The lowest BCUT2D eigenvalue weighted by Crippen LogP contribution is -2.02. The highest BCUT2D eigenvalue weighted by Gasteiger charge is 2.11. The molecule has 0 radical (unpaired) electrons. The van der Waals surface area contributed by atoms with Gasteiger partial charge in [-0.1, -0.05) is 35.9 Å². The summed E-state index contributed by atoms with van der Waals surface area (Å²) < 4.78 is 13.6. The number of rotatable bonds is 3. The van der Waals surface area contributed by atoms with Gasteiger partial charge < -0.3 is 5.32 Å². The van der Waals surface area contributed by atoms with E-state index < -0.39 is 0 Å². The van der Waals surface area contributed by atoms with Crippen LogP contribution in [0.15, 0.2) is 42.5 Å². The van der Waals surface area contributed by atoms with Crippen molar-refractivity contribution >= 4 is 28.2 Å². The summed E-state index contributed by atoms with van der Waals surface area (Å²) in [5.41, 5.74) is 1.24. The number of fused-ring (bicyclic) bond motifs is 1. The van der Waals surface area contributed by atoms with E-state index in [9.17, 15) is 4.39 Å². The summed E-state index contributed by atoms with van der Waals surface area (Å²) in [6.45, 7) is 2.75. The van der Waals surface area contributed by atoms with Crippen LogP contribution in [0.1, 0.15) is 6.92 Å². The van der Waals surface area contributed by atoms with E-state index in [4.69, 9.17) is 11.6 Å². The molecule has 1 heterocycles. The van der Waals surface area contributed by atoms with Crippen molar-refractivity contribution in [2.45, 2.75) is 6.92 Å². The molecule has 21 heavy (non-hydrogen) atoms. The molecule has 3 rings (SSSR count). The summed E-state index contributed by atoms with van der Waals surface area (Å²) in [6.07, 6.45) is 0. The minimum atomic E-state index is -0.390. The van der Waals surface area contributed by atoms with Crippen LogP contribution in [0.5, 0.6) is 0 Å². The highest BCUT2D eigenvalue weighted by molar-refractivity contribution is 6.30. The summed E-state index contributed by atoms with van der Waals surface area (Å²) in [4.78, 5) is 0. The molecule has 2 aromatic carbocycles. The van der Waals surface area contributed by atoms with Crippen LogP contribution in [0.2, 0.25) is 5.02 Å². The van der Waals surface area contributed by atoms with Crippen LogP contribution >= 0.6 is 11.6 Å². The number of benzene rings is 2. The third-order valence-electron chi connectivity index (χ3n) is 3.17. The van der Waals surface area contributed by atoms with Gasteiger partial charge in [-0.3, -0.25) is 0 Å².